The number of hydrogen-bond acceptors (Lipinski definition) is 2. The van der Waals surface area contributed by atoms with Crippen molar-refractivity contribution >= 4 is 103 Å². The van der Waals surface area contributed by atoms with E-state index >= 15 is 0 Å². The van der Waals surface area contributed by atoms with Crippen LogP contribution in [-0.2, 0) is 0 Å². The van der Waals surface area contributed by atoms with Gasteiger partial charge in [-0.1, -0.05) is 140 Å². The Hall–Kier alpha value is -8.02. The minimum Gasteiger partial charge on any atom is -0.309 e. The molecule has 0 aliphatic carbocycles. The summed E-state index contributed by atoms with van der Waals surface area (Å²) < 4.78 is 7.24. The van der Waals surface area contributed by atoms with Crippen molar-refractivity contribution in [2.75, 3.05) is 0 Å². The van der Waals surface area contributed by atoms with Gasteiger partial charge in [-0.15, -0.1) is 10.2 Å². The Bertz CT molecular complexity index is 4070. The van der Waals surface area contributed by atoms with Gasteiger partial charge in [0.2, 0.25) is 0 Å². The number of hydrogen-bond donors (Lipinski definition) is 0. The maximum Gasteiger partial charge on any atom is 0.168 e. The zero-order valence-corrected chi connectivity index (χ0v) is 31.6. The van der Waals surface area contributed by atoms with Crippen molar-refractivity contribution in [2.24, 2.45) is 0 Å². The van der Waals surface area contributed by atoms with Gasteiger partial charge in [0.25, 0.3) is 0 Å². The lowest BCUT2D eigenvalue weighted by atomic mass is 10.0. The highest BCUT2D eigenvalue weighted by atomic mass is 15.2. The lowest BCUT2D eigenvalue weighted by molar-refractivity contribution is 0.978. The predicted molar refractivity (Wildman–Crippen MR) is 246 cm³/mol. The second kappa shape index (κ2) is 11.3. The molecule has 0 fully saturated rings. The molecule has 5 heteroatoms. The number of nitrogens with zero attached hydrogens (tertiary/aromatic N) is 5. The van der Waals surface area contributed by atoms with E-state index in [0.29, 0.717) is 0 Å². The molecule has 0 spiro atoms. The highest BCUT2D eigenvalue weighted by Gasteiger charge is 2.27. The van der Waals surface area contributed by atoms with Gasteiger partial charge in [0.1, 0.15) is 5.69 Å². The van der Waals surface area contributed by atoms with Gasteiger partial charge in [-0.05, 0) is 59.3 Å². The molecule has 0 radical (unpaired) electrons. The summed E-state index contributed by atoms with van der Waals surface area (Å²) in [5, 5.41) is 24.9. The number of benzene rings is 9. The Labute approximate surface area is 336 Å². The van der Waals surface area contributed by atoms with Gasteiger partial charge >= 0.3 is 0 Å². The van der Waals surface area contributed by atoms with Crippen LogP contribution in [0.3, 0.4) is 0 Å². The molecule has 5 heterocycles. The number of rotatable bonds is 3. The van der Waals surface area contributed by atoms with Crippen LogP contribution >= 0.6 is 0 Å². The molecule has 272 valence electrons. The standard InChI is InChI=1S/C54H31N5/c1-2-15-34(16-3-1)57-44-23-11-8-18-36(44)38-28-26-33(30-48(38)57)51-39-20-6-7-21-40(39)54(56-55-51)59-47-29-27-32-14-4-5-17-35(32)49(47)43-31-42-37-19-9-12-24-45(37)58-46-25-13-10-22-41(46)50(52(42)58)53(43)59/h1-31H. The van der Waals surface area contributed by atoms with E-state index in [9.17, 15) is 0 Å². The summed E-state index contributed by atoms with van der Waals surface area (Å²) in [7, 11) is 0. The van der Waals surface area contributed by atoms with Gasteiger partial charge in [0.15, 0.2) is 5.82 Å². The Morgan fingerprint density at radius 1 is 0.322 bits per heavy atom. The summed E-state index contributed by atoms with van der Waals surface area (Å²) in [4.78, 5) is 0. The molecule has 0 saturated heterocycles. The molecular formula is C54H31N5. The minimum absolute atomic E-state index is 0.821. The van der Waals surface area contributed by atoms with Crippen molar-refractivity contribution in [3.8, 4) is 22.8 Å². The van der Waals surface area contributed by atoms with Crippen molar-refractivity contribution in [3.63, 3.8) is 0 Å². The van der Waals surface area contributed by atoms with E-state index < -0.39 is 0 Å². The average molecular weight is 750 g/mol. The molecule has 14 aromatic rings. The summed E-state index contributed by atoms with van der Waals surface area (Å²) in [6, 6.07) is 68.1. The lowest BCUT2D eigenvalue weighted by Gasteiger charge is -2.14. The van der Waals surface area contributed by atoms with Gasteiger partial charge in [-0.25, -0.2) is 0 Å². The second-order valence-electron chi connectivity index (χ2n) is 15.8. The molecule has 5 nitrogen and oxygen atoms in total. The smallest absolute Gasteiger partial charge is 0.168 e. The molecule has 0 aliphatic rings. The van der Waals surface area contributed by atoms with E-state index in [-0.39, 0.29) is 0 Å². The molecule has 0 amide bonds. The Kier molecular flexibility index (Phi) is 5.96. The third-order valence-electron chi connectivity index (χ3n) is 12.8. The minimum atomic E-state index is 0.821. The summed E-state index contributed by atoms with van der Waals surface area (Å²) in [6.45, 7) is 0. The first-order valence-electron chi connectivity index (χ1n) is 20.2. The fourth-order valence-electron chi connectivity index (χ4n) is 10.4. The second-order valence-corrected chi connectivity index (χ2v) is 15.8. The first-order chi connectivity index (χ1) is 29.3. The van der Waals surface area contributed by atoms with E-state index in [1.54, 1.807) is 0 Å². The molecule has 0 bridgehead atoms. The Morgan fingerprint density at radius 3 is 1.76 bits per heavy atom. The highest BCUT2D eigenvalue weighted by Crippen LogP contribution is 2.48. The first-order valence-corrected chi connectivity index (χ1v) is 20.2. The maximum absolute atomic E-state index is 5.28. The summed E-state index contributed by atoms with van der Waals surface area (Å²) in [6.07, 6.45) is 0. The third kappa shape index (κ3) is 3.98. The van der Waals surface area contributed by atoms with Gasteiger partial charge < -0.3 is 8.97 Å². The summed E-state index contributed by atoms with van der Waals surface area (Å²) >= 11 is 0. The molecule has 9 aromatic carbocycles. The maximum atomic E-state index is 5.28. The number of aromatic nitrogens is 5. The van der Waals surface area contributed by atoms with Crippen LogP contribution < -0.4 is 0 Å². The first kappa shape index (κ1) is 31.1. The van der Waals surface area contributed by atoms with Crippen molar-refractivity contribution in [1.82, 2.24) is 23.7 Å². The van der Waals surface area contributed by atoms with Crippen LogP contribution in [0.25, 0.3) is 126 Å². The molecule has 0 atom stereocenters. The molecule has 0 saturated carbocycles. The third-order valence-corrected chi connectivity index (χ3v) is 12.8. The molecule has 0 N–H and O–H groups in total. The van der Waals surface area contributed by atoms with E-state index in [4.69, 9.17) is 10.2 Å². The summed E-state index contributed by atoms with van der Waals surface area (Å²) in [5.74, 6) is 0.821. The van der Waals surface area contributed by atoms with Crippen LogP contribution in [0.5, 0.6) is 0 Å². The predicted octanol–water partition coefficient (Wildman–Crippen LogP) is 13.8. The van der Waals surface area contributed by atoms with Crippen molar-refractivity contribution in [2.45, 2.75) is 0 Å². The van der Waals surface area contributed by atoms with Gasteiger partial charge in [0.05, 0.1) is 38.6 Å². The topological polar surface area (TPSA) is 40.0 Å². The number of para-hydroxylation sites is 4. The van der Waals surface area contributed by atoms with Crippen LogP contribution in [0.4, 0.5) is 0 Å². The quantitative estimate of drug-likeness (QED) is 0.180. The van der Waals surface area contributed by atoms with Crippen molar-refractivity contribution in [3.05, 3.63) is 188 Å². The molecule has 14 rings (SSSR count). The Balaban J connectivity index is 1.11. The summed E-state index contributed by atoms with van der Waals surface area (Å²) in [5.41, 5.74) is 11.3. The van der Waals surface area contributed by atoms with Crippen LogP contribution in [0.2, 0.25) is 0 Å². The highest BCUT2D eigenvalue weighted by molar-refractivity contribution is 6.36. The lowest BCUT2D eigenvalue weighted by Crippen LogP contribution is -2.03. The van der Waals surface area contributed by atoms with Gasteiger partial charge in [-0.2, -0.15) is 0 Å². The van der Waals surface area contributed by atoms with Crippen molar-refractivity contribution in [1.29, 1.82) is 0 Å². The SMILES string of the molecule is c1ccc(-n2c3ccccc3c3ccc(-c4nnc(-n5c6ccc7ccccc7c6c6cc7c8ccccc8n8c9ccccc9c(c65)c78)c5ccccc45)cc32)cc1. The van der Waals surface area contributed by atoms with E-state index in [2.05, 4.69) is 202 Å². The largest absolute Gasteiger partial charge is 0.309 e. The van der Waals surface area contributed by atoms with E-state index in [0.717, 1.165) is 50.1 Å². The van der Waals surface area contributed by atoms with Crippen molar-refractivity contribution < 1.29 is 0 Å². The fourth-order valence-corrected chi connectivity index (χ4v) is 10.4. The van der Waals surface area contributed by atoms with Crippen LogP contribution in [0.15, 0.2) is 188 Å². The van der Waals surface area contributed by atoms with Crippen LogP contribution in [-0.4, -0.2) is 23.7 Å². The Morgan fingerprint density at radius 2 is 0.949 bits per heavy atom. The number of fused-ring (bicyclic) bond motifs is 16. The monoisotopic (exact) mass is 749 g/mol. The van der Waals surface area contributed by atoms with E-state index in [1.165, 1.54) is 75.9 Å². The fraction of sp³-hybridized carbons (Fsp3) is 0. The van der Waals surface area contributed by atoms with Gasteiger partial charge in [-0.3, -0.25) is 4.57 Å². The molecule has 0 unspecified atom stereocenters. The van der Waals surface area contributed by atoms with Crippen LogP contribution in [0, 0.1) is 0 Å². The van der Waals surface area contributed by atoms with Gasteiger partial charge in [0, 0.05) is 65.1 Å². The molecular weight excluding hydrogens is 719 g/mol. The zero-order valence-electron chi connectivity index (χ0n) is 31.6. The zero-order chi connectivity index (χ0) is 38.3. The molecule has 59 heavy (non-hydrogen) atoms. The van der Waals surface area contributed by atoms with Crippen LogP contribution in [0.1, 0.15) is 0 Å². The molecule has 0 aliphatic heterocycles. The normalized spacial score (nSPS) is 12.4. The average Bonchev–Trinajstić information content (AvgIpc) is 4.03. The van der Waals surface area contributed by atoms with E-state index in [1.807, 2.05) is 0 Å². The molecule has 5 aromatic heterocycles.